The maximum absolute atomic E-state index is 5.64. The molecule has 21 heavy (non-hydrogen) atoms. The summed E-state index contributed by atoms with van der Waals surface area (Å²) >= 11 is 1.67. The SMILES string of the molecule is CN(C)C1CN(Cc2ccc(-c3ncc(CN)s3)cc2)C1. The third-order valence-corrected chi connectivity index (χ3v) is 5.10. The van der Waals surface area contributed by atoms with Crippen molar-refractivity contribution in [3.05, 3.63) is 40.9 Å². The standard InChI is InChI=1S/C16H22N4S/c1-19(2)14-10-20(11-14)9-12-3-5-13(6-4-12)16-18-8-15(7-17)21-16/h3-6,8,14H,7,9-11,17H2,1-2H3. The monoisotopic (exact) mass is 302 g/mol. The smallest absolute Gasteiger partial charge is 0.123 e. The summed E-state index contributed by atoms with van der Waals surface area (Å²) < 4.78 is 0. The average molecular weight is 302 g/mol. The van der Waals surface area contributed by atoms with Gasteiger partial charge in [0.25, 0.3) is 0 Å². The molecule has 1 saturated heterocycles. The lowest BCUT2D eigenvalue weighted by atomic mass is 10.1. The van der Waals surface area contributed by atoms with E-state index in [1.54, 1.807) is 11.3 Å². The van der Waals surface area contributed by atoms with Crippen LogP contribution >= 0.6 is 11.3 Å². The molecule has 0 spiro atoms. The number of nitrogens with zero attached hydrogens (tertiary/aromatic N) is 3. The molecular formula is C16H22N4S. The maximum atomic E-state index is 5.64. The van der Waals surface area contributed by atoms with Gasteiger partial charge in [-0.3, -0.25) is 4.90 Å². The van der Waals surface area contributed by atoms with E-state index >= 15 is 0 Å². The van der Waals surface area contributed by atoms with E-state index in [1.165, 1.54) is 24.2 Å². The predicted octanol–water partition coefficient (Wildman–Crippen LogP) is 2.01. The van der Waals surface area contributed by atoms with Crippen LogP contribution in [-0.2, 0) is 13.1 Å². The lowest BCUT2D eigenvalue weighted by Crippen LogP contribution is -2.56. The van der Waals surface area contributed by atoms with Crippen molar-refractivity contribution in [3.8, 4) is 10.6 Å². The summed E-state index contributed by atoms with van der Waals surface area (Å²) in [6.45, 7) is 3.94. The fourth-order valence-corrected chi connectivity index (χ4v) is 3.34. The molecule has 1 aliphatic heterocycles. The van der Waals surface area contributed by atoms with Gasteiger partial charge in [0.2, 0.25) is 0 Å². The van der Waals surface area contributed by atoms with Crippen LogP contribution in [0.2, 0.25) is 0 Å². The number of likely N-dealkylation sites (tertiary alicyclic amines) is 1. The molecule has 5 heteroatoms. The van der Waals surface area contributed by atoms with Crippen molar-refractivity contribution in [1.82, 2.24) is 14.8 Å². The predicted molar refractivity (Wildman–Crippen MR) is 88.2 cm³/mol. The van der Waals surface area contributed by atoms with Gasteiger partial charge in [-0.25, -0.2) is 4.98 Å². The third-order valence-electron chi connectivity index (χ3n) is 4.03. The zero-order valence-electron chi connectivity index (χ0n) is 12.6. The molecule has 2 aromatic rings. The van der Waals surface area contributed by atoms with E-state index in [4.69, 9.17) is 5.73 Å². The first-order chi connectivity index (χ1) is 10.2. The van der Waals surface area contributed by atoms with Crippen molar-refractivity contribution in [3.63, 3.8) is 0 Å². The van der Waals surface area contributed by atoms with Gasteiger partial charge in [-0.05, 0) is 19.7 Å². The lowest BCUT2D eigenvalue weighted by molar-refractivity contribution is 0.0574. The Bertz CT molecular complexity index is 585. The van der Waals surface area contributed by atoms with Crippen LogP contribution in [-0.4, -0.2) is 48.0 Å². The first-order valence-electron chi connectivity index (χ1n) is 7.28. The first-order valence-corrected chi connectivity index (χ1v) is 8.10. The minimum absolute atomic E-state index is 0.567. The van der Waals surface area contributed by atoms with Crippen molar-refractivity contribution in [1.29, 1.82) is 0 Å². The summed E-state index contributed by atoms with van der Waals surface area (Å²) in [6, 6.07) is 9.47. The summed E-state index contributed by atoms with van der Waals surface area (Å²) in [6.07, 6.45) is 1.87. The summed E-state index contributed by atoms with van der Waals surface area (Å²) in [5.41, 5.74) is 8.18. The Morgan fingerprint density at radius 3 is 2.57 bits per heavy atom. The van der Waals surface area contributed by atoms with E-state index < -0.39 is 0 Å². The van der Waals surface area contributed by atoms with Gasteiger partial charge in [-0.1, -0.05) is 24.3 Å². The molecular weight excluding hydrogens is 280 g/mol. The molecule has 2 N–H and O–H groups in total. The van der Waals surface area contributed by atoms with Gasteiger partial charge < -0.3 is 10.6 Å². The summed E-state index contributed by atoms with van der Waals surface area (Å²) in [5, 5.41) is 1.05. The molecule has 0 bridgehead atoms. The third kappa shape index (κ3) is 3.32. The number of hydrogen-bond acceptors (Lipinski definition) is 5. The highest BCUT2D eigenvalue weighted by Gasteiger charge is 2.27. The zero-order valence-corrected chi connectivity index (χ0v) is 13.4. The molecule has 1 fully saturated rings. The number of thiazole rings is 1. The largest absolute Gasteiger partial charge is 0.326 e. The number of benzene rings is 1. The van der Waals surface area contributed by atoms with E-state index in [0.717, 1.165) is 16.4 Å². The Balaban J connectivity index is 1.60. The van der Waals surface area contributed by atoms with Crippen molar-refractivity contribution in [2.75, 3.05) is 27.2 Å². The Labute approximate surface area is 130 Å². The summed E-state index contributed by atoms with van der Waals surface area (Å²) in [4.78, 5) is 10.3. The van der Waals surface area contributed by atoms with Gasteiger partial charge in [0.1, 0.15) is 5.01 Å². The maximum Gasteiger partial charge on any atom is 0.123 e. The number of aromatic nitrogens is 1. The highest BCUT2D eigenvalue weighted by Crippen LogP contribution is 2.25. The molecule has 2 heterocycles. The Kier molecular flexibility index (Phi) is 4.35. The summed E-state index contributed by atoms with van der Waals surface area (Å²) in [5.74, 6) is 0. The lowest BCUT2D eigenvalue weighted by Gasteiger charge is -2.42. The van der Waals surface area contributed by atoms with Crippen molar-refractivity contribution in [2.45, 2.75) is 19.1 Å². The molecule has 112 valence electrons. The molecule has 1 aromatic carbocycles. The van der Waals surface area contributed by atoms with Crippen LogP contribution in [0.5, 0.6) is 0 Å². The zero-order chi connectivity index (χ0) is 14.8. The second kappa shape index (κ2) is 6.23. The van der Waals surface area contributed by atoms with E-state index in [9.17, 15) is 0 Å². The van der Waals surface area contributed by atoms with Gasteiger partial charge in [0, 0.05) is 48.9 Å². The molecule has 0 atom stereocenters. The van der Waals surface area contributed by atoms with Gasteiger partial charge in [0.15, 0.2) is 0 Å². The number of nitrogens with two attached hydrogens (primary N) is 1. The molecule has 1 aliphatic rings. The second-order valence-electron chi connectivity index (χ2n) is 5.84. The molecule has 0 radical (unpaired) electrons. The fraction of sp³-hybridized carbons (Fsp3) is 0.438. The molecule has 1 aromatic heterocycles. The highest BCUT2D eigenvalue weighted by atomic mass is 32.1. The van der Waals surface area contributed by atoms with Gasteiger partial charge >= 0.3 is 0 Å². The van der Waals surface area contributed by atoms with Crippen molar-refractivity contribution < 1.29 is 0 Å². The summed E-state index contributed by atoms with van der Waals surface area (Å²) in [7, 11) is 4.31. The normalized spacial score (nSPS) is 16.4. The van der Waals surface area contributed by atoms with Crippen LogP contribution in [0.4, 0.5) is 0 Å². The van der Waals surface area contributed by atoms with Crippen LogP contribution in [0.3, 0.4) is 0 Å². The van der Waals surface area contributed by atoms with Crippen LogP contribution in [0.25, 0.3) is 10.6 Å². The minimum Gasteiger partial charge on any atom is -0.326 e. The first kappa shape index (κ1) is 14.7. The molecule has 0 amide bonds. The fourth-order valence-electron chi connectivity index (χ4n) is 2.54. The molecule has 0 aliphatic carbocycles. The van der Waals surface area contributed by atoms with Crippen molar-refractivity contribution in [2.24, 2.45) is 5.73 Å². The Morgan fingerprint density at radius 1 is 1.29 bits per heavy atom. The van der Waals surface area contributed by atoms with E-state index in [-0.39, 0.29) is 0 Å². The molecule has 3 rings (SSSR count). The Hall–Kier alpha value is -1.27. The highest BCUT2D eigenvalue weighted by molar-refractivity contribution is 7.15. The van der Waals surface area contributed by atoms with E-state index in [0.29, 0.717) is 12.6 Å². The van der Waals surface area contributed by atoms with Crippen LogP contribution in [0.1, 0.15) is 10.4 Å². The topological polar surface area (TPSA) is 45.4 Å². The quantitative estimate of drug-likeness (QED) is 0.918. The van der Waals surface area contributed by atoms with Gasteiger partial charge in [0.05, 0.1) is 0 Å². The van der Waals surface area contributed by atoms with E-state index in [2.05, 4.69) is 53.1 Å². The van der Waals surface area contributed by atoms with Crippen LogP contribution in [0.15, 0.2) is 30.5 Å². The second-order valence-corrected chi connectivity index (χ2v) is 6.96. The van der Waals surface area contributed by atoms with Gasteiger partial charge in [-0.15, -0.1) is 11.3 Å². The minimum atomic E-state index is 0.567. The molecule has 0 unspecified atom stereocenters. The Morgan fingerprint density at radius 2 is 2.00 bits per heavy atom. The molecule has 4 nitrogen and oxygen atoms in total. The van der Waals surface area contributed by atoms with Crippen LogP contribution in [0, 0.1) is 0 Å². The van der Waals surface area contributed by atoms with Crippen LogP contribution < -0.4 is 5.73 Å². The van der Waals surface area contributed by atoms with Gasteiger partial charge in [-0.2, -0.15) is 0 Å². The number of rotatable bonds is 5. The molecule has 0 saturated carbocycles. The van der Waals surface area contributed by atoms with Crippen molar-refractivity contribution >= 4 is 11.3 Å². The number of hydrogen-bond donors (Lipinski definition) is 1. The average Bonchev–Trinajstić information content (AvgIpc) is 2.91. The van der Waals surface area contributed by atoms with E-state index in [1.807, 2.05) is 6.20 Å². The number of likely N-dealkylation sites (N-methyl/N-ethyl adjacent to an activating group) is 1.